The molecule has 0 aliphatic rings. The molecule has 0 saturated heterocycles. The van der Waals surface area contributed by atoms with Gasteiger partial charge in [-0.25, -0.2) is 4.57 Å². The first-order valence-corrected chi connectivity index (χ1v) is 9.58. The Bertz CT molecular complexity index is 704. The number of methoxy groups -OCH3 is 1. The van der Waals surface area contributed by atoms with E-state index in [1.165, 1.54) is 38.5 Å². The van der Waals surface area contributed by atoms with E-state index < -0.39 is 0 Å². The predicted octanol–water partition coefficient (Wildman–Crippen LogP) is 5.24. The van der Waals surface area contributed by atoms with E-state index in [9.17, 15) is 4.79 Å². The molecule has 0 fully saturated rings. The van der Waals surface area contributed by atoms with Crippen LogP contribution in [0.5, 0.6) is 5.75 Å². The van der Waals surface area contributed by atoms with Crippen LogP contribution in [-0.2, 0) is 6.54 Å². The number of rotatable bonds is 11. The number of hydrogen-bond donors (Lipinski definition) is 0. The van der Waals surface area contributed by atoms with Crippen molar-refractivity contribution in [3.8, 4) is 5.75 Å². The van der Waals surface area contributed by atoms with Crippen molar-refractivity contribution < 1.29 is 14.1 Å². The lowest BCUT2D eigenvalue weighted by atomic mass is 10.1. The molecule has 1 aromatic heterocycles. The molecule has 0 saturated carbocycles. The van der Waals surface area contributed by atoms with Crippen LogP contribution in [0.15, 0.2) is 54.9 Å². The maximum atomic E-state index is 12.3. The molecule has 0 aliphatic carbocycles. The smallest absolute Gasteiger partial charge is 0.185 e. The number of carbonyl (C=O) groups excluding carboxylic acids is 1. The van der Waals surface area contributed by atoms with E-state index in [-0.39, 0.29) is 5.78 Å². The molecule has 26 heavy (non-hydrogen) atoms. The van der Waals surface area contributed by atoms with Crippen LogP contribution < -0.4 is 9.30 Å². The molecule has 0 aliphatic heterocycles. The number of carbonyl (C=O) groups is 1. The van der Waals surface area contributed by atoms with Crippen LogP contribution in [0, 0.1) is 0 Å². The third-order valence-electron chi connectivity index (χ3n) is 4.45. The van der Waals surface area contributed by atoms with Crippen molar-refractivity contribution in [1.29, 1.82) is 0 Å². The standard InChI is InChI=1S/C23H30NO2/c1-3-4-5-6-7-8-17-24-18-9-10-20(19-24)11-16-23(25)21-12-14-22(26-2)15-13-21/h9-16,18-19H,3-8,17H2,1-2H3/q+1/b16-11+. The Balaban J connectivity index is 1.86. The highest BCUT2D eigenvalue weighted by Gasteiger charge is 2.04. The summed E-state index contributed by atoms with van der Waals surface area (Å²) in [7, 11) is 1.62. The van der Waals surface area contributed by atoms with E-state index in [1.807, 2.05) is 18.2 Å². The molecule has 0 N–H and O–H groups in total. The lowest BCUT2D eigenvalue weighted by Gasteiger charge is -2.01. The highest BCUT2D eigenvalue weighted by molar-refractivity contribution is 6.06. The van der Waals surface area contributed by atoms with Crippen LogP contribution >= 0.6 is 0 Å². The van der Waals surface area contributed by atoms with Gasteiger partial charge in [0.25, 0.3) is 0 Å². The van der Waals surface area contributed by atoms with Gasteiger partial charge in [0.1, 0.15) is 12.3 Å². The predicted molar refractivity (Wildman–Crippen MR) is 106 cm³/mol. The van der Waals surface area contributed by atoms with Crippen LogP contribution in [0.1, 0.15) is 61.4 Å². The van der Waals surface area contributed by atoms with Crippen LogP contribution in [0.3, 0.4) is 0 Å². The molecular weight excluding hydrogens is 322 g/mol. The van der Waals surface area contributed by atoms with Crippen molar-refractivity contribution in [1.82, 2.24) is 0 Å². The van der Waals surface area contributed by atoms with Gasteiger partial charge in [-0.15, -0.1) is 0 Å². The van der Waals surface area contributed by atoms with E-state index in [4.69, 9.17) is 4.74 Å². The second kappa shape index (κ2) is 11.2. The molecule has 3 heteroatoms. The number of hydrogen-bond acceptors (Lipinski definition) is 2. The maximum Gasteiger partial charge on any atom is 0.185 e. The number of aromatic nitrogens is 1. The summed E-state index contributed by atoms with van der Waals surface area (Å²) in [4.78, 5) is 12.3. The molecular formula is C23H30NO2+. The Morgan fingerprint density at radius 3 is 2.50 bits per heavy atom. The topological polar surface area (TPSA) is 30.2 Å². The van der Waals surface area contributed by atoms with Gasteiger partial charge in [-0.1, -0.05) is 32.6 Å². The van der Waals surface area contributed by atoms with Gasteiger partial charge in [-0.05, 0) is 48.9 Å². The summed E-state index contributed by atoms with van der Waals surface area (Å²) in [5.74, 6) is 0.753. The molecule has 0 unspecified atom stereocenters. The van der Waals surface area contributed by atoms with Crippen molar-refractivity contribution in [3.05, 3.63) is 66.0 Å². The minimum atomic E-state index is -0.000944. The first-order valence-electron chi connectivity index (χ1n) is 9.58. The number of ether oxygens (including phenoxy) is 1. The van der Waals surface area contributed by atoms with E-state index in [0.29, 0.717) is 5.56 Å². The fourth-order valence-corrected chi connectivity index (χ4v) is 2.88. The average molecular weight is 352 g/mol. The van der Waals surface area contributed by atoms with Gasteiger partial charge >= 0.3 is 0 Å². The largest absolute Gasteiger partial charge is 0.497 e. The second-order valence-electron chi connectivity index (χ2n) is 6.57. The number of benzene rings is 1. The Kier molecular flexibility index (Phi) is 8.61. The number of pyridine rings is 1. The van der Waals surface area contributed by atoms with Crippen LogP contribution in [0.4, 0.5) is 0 Å². The number of unbranched alkanes of at least 4 members (excludes halogenated alkanes) is 5. The number of nitrogens with zero attached hydrogens (tertiary/aromatic N) is 1. The summed E-state index contributed by atoms with van der Waals surface area (Å²) in [5, 5.41) is 0. The minimum absolute atomic E-state index is 0.000944. The molecule has 1 aromatic carbocycles. The summed E-state index contributed by atoms with van der Waals surface area (Å²) in [6.45, 7) is 3.27. The number of allylic oxidation sites excluding steroid dienone is 1. The fraction of sp³-hybridized carbons (Fsp3) is 0.391. The van der Waals surface area contributed by atoms with Gasteiger partial charge < -0.3 is 4.74 Å². The van der Waals surface area contributed by atoms with E-state index >= 15 is 0 Å². The van der Waals surface area contributed by atoms with E-state index in [2.05, 4.69) is 23.9 Å². The molecule has 3 nitrogen and oxygen atoms in total. The highest BCUT2D eigenvalue weighted by atomic mass is 16.5. The maximum absolute atomic E-state index is 12.3. The fourth-order valence-electron chi connectivity index (χ4n) is 2.88. The molecule has 0 spiro atoms. The van der Waals surface area contributed by atoms with Crippen molar-refractivity contribution in [2.24, 2.45) is 0 Å². The van der Waals surface area contributed by atoms with Crippen LogP contribution in [0.25, 0.3) is 6.08 Å². The van der Waals surface area contributed by atoms with Crippen molar-refractivity contribution in [3.63, 3.8) is 0 Å². The van der Waals surface area contributed by atoms with Gasteiger partial charge in [0.05, 0.1) is 7.11 Å². The molecule has 0 amide bonds. The molecule has 0 radical (unpaired) electrons. The first-order chi connectivity index (χ1) is 12.7. The molecule has 1 heterocycles. The minimum Gasteiger partial charge on any atom is -0.497 e. The Labute approximate surface area is 157 Å². The average Bonchev–Trinajstić information content (AvgIpc) is 2.69. The lowest BCUT2D eigenvalue weighted by Crippen LogP contribution is -2.32. The van der Waals surface area contributed by atoms with Gasteiger partial charge in [-0.3, -0.25) is 4.79 Å². The molecule has 2 aromatic rings. The van der Waals surface area contributed by atoms with Crippen molar-refractivity contribution in [2.45, 2.75) is 52.0 Å². The van der Waals surface area contributed by atoms with Gasteiger partial charge in [0.15, 0.2) is 18.2 Å². The Morgan fingerprint density at radius 2 is 1.77 bits per heavy atom. The third-order valence-corrected chi connectivity index (χ3v) is 4.45. The third kappa shape index (κ3) is 6.83. The Hall–Kier alpha value is -2.42. The highest BCUT2D eigenvalue weighted by Crippen LogP contribution is 2.12. The first kappa shape index (κ1) is 19.9. The van der Waals surface area contributed by atoms with E-state index in [0.717, 1.165) is 17.9 Å². The van der Waals surface area contributed by atoms with Crippen molar-refractivity contribution in [2.75, 3.05) is 7.11 Å². The van der Waals surface area contributed by atoms with Crippen LogP contribution in [0.2, 0.25) is 0 Å². The summed E-state index contributed by atoms with van der Waals surface area (Å²) in [6, 6.07) is 11.2. The van der Waals surface area contributed by atoms with Crippen molar-refractivity contribution >= 4 is 11.9 Å². The Morgan fingerprint density at radius 1 is 1.04 bits per heavy atom. The zero-order valence-electron chi connectivity index (χ0n) is 16.0. The summed E-state index contributed by atoms with van der Waals surface area (Å²) >= 11 is 0. The van der Waals surface area contributed by atoms with Gasteiger partial charge in [0, 0.05) is 23.6 Å². The second-order valence-corrected chi connectivity index (χ2v) is 6.57. The monoisotopic (exact) mass is 352 g/mol. The van der Waals surface area contributed by atoms with Gasteiger partial charge in [0.2, 0.25) is 0 Å². The lowest BCUT2D eigenvalue weighted by molar-refractivity contribution is -0.697. The quantitative estimate of drug-likeness (QED) is 0.240. The zero-order valence-corrected chi connectivity index (χ0v) is 16.0. The van der Waals surface area contributed by atoms with Crippen LogP contribution in [-0.4, -0.2) is 12.9 Å². The summed E-state index contributed by atoms with van der Waals surface area (Å²) < 4.78 is 7.32. The molecule has 138 valence electrons. The van der Waals surface area contributed by atoms with Gasteiger partial charge in [-0.2, -0.15) is 0 Å². The number of aryl methyl sites for hydroxylation is 1. The number of ketones is 1. The molecule has 0 atom stereocenters. The normalized spacial score (nSPS) is 11.0. The van der Waals surface area contributed by atoms with E-state index in [1.54, 1.807) is 37.5 Å². The zero-order chi connectivity index (χ0) is 18.6. The molecule has 0 bridgehead atoms. The SMILES string of the molecule is CCCCCCCC[n+]1cccc(/C=C/C(=O)c2ccc(OC)cc2)c1. The summed E-state index contributed by atoms with van der Waals surface area (Å²) in [5.41, 5.74) is 1.71. The summed E-state index contributed by atoms with van der Waals surface area (Å²) in [6.07, 6.45) is 15.5. The molecule has 2 rings (SSSR count).